The molecule has 0 aromatic heterocycles. The van der Waals surface area contributed by atoms with Gasteiger partial charge in [0, 0.05) is 19.1 Å². The molecule has 0 saturated heterocycles. The Kier molecular flexibility index (Phi) is 4.51. The van der Waals surface area contributed by atoms with Gasteiger partial charge in [-0.3, -0.25) is 0 Å². The van der Waals surface area contributed by atoms with E-state index in [1.165, 1.54) is 18.9 Å². The minimum Gasteiger partial charge on any atom is -0.380 e. The van der Waals surface area contributed by atoms with Crippen molar-refractivity contribution in [2.75, 3.05) is 26.8 Å². The molecule has 2 nitrogen and oxygen atoms in total. The van der Waals surface area contributed by atoms with Crippen LogP contribution in [0.2, 0.25) is 0 Å². The smallest absolute Gasteiger partial charge is 0.123 e. The van der Waals surface area contributed by atoms with Gasteiger partial charge in [0.05, 0.1) is 6.61 Å². The van der Waals surface area contributed by atoms with E-state index in [-0.39, 0.29) is 11.7 Å². The summed E-state index contributed by atoms with van der Waals surface area (Å²) >= 11 is 0. The zero-order chi connectivity index (χ0) is 12.1. The fourth-order valence-electron chi connectivity index (χ4n) is 1.94. The molecule has 1 aliphatic rings. The summed E-state index contributed by atoms with van der Waals surface area (Å²) in [6, 6.07) is 6.80. The van der Waals surface area contributed by atoms with Gasteiger partial charge in [0.1, 0.15) is 5.82 Å². The van der Waals surface area contributed by atoms with Crippen LogP contribution < -0.4 is 5.32 Å². The minimum absolute atomic E-state index is 0.175. The third-order valence-corrected chi connectivity index (χ3v) is 3.14. The van der Waals surface area contributed by atoms with Gasteiger partial charge < -0.3 is 10.1 Å². The van der Waals surface area contributed by atoms with Gasteiger partial charge in [-0.2, -0.15) is 0 Å². The molecule has 1 aliphatic carbocycles. The third kappa shape index (κ3) is 4.10. The van der Waals surface area contributed by atoms with Crippen LogP contribution in [0, 0.1) is 11.7 Å². The van der Waals surface area contributed by atoms with Crippen LogP contribution >= 0.6 is 0 Å². The lowest BCUT2D eigenvalue weighted by atomic mass is 10.00. The average molecular weight is 237 g/mol. The first-order valence-corrected chi connectivity index (χ1v) is 6.27. The molecule has 0 radical (unpaired) electrons. The lowest BCUT2D eigenvalue weighted by Crippen LogP contribution is -2.22. The van der Waals surface area contributed by atoms with Gasteiger partial charge in [-0.15, -0.1) is 0 Å². The monoisotopic (exact) mass is 237 g/mol. The van der Waals surface area contributed by atoms with E-state index in [1.807, 2.05) is 13.1 Å². The second-order valence-electron chi connectivity index (χ2n) is 4.79. The molecule has 1 aromatic carbocycles. The van der Waals surface area contributed by atoms with Crippen molar-refractivity contribution in [3.05, 3.63) is 35.6 Å². The van der Waals surface area contributed by atoms with Crippen molar-refractivity contribution in [3.63, 3.8) is 0 Å². The molecule has 1 unspecified atom stereocenters. The van der Waals surface area contributed by atoms with E-state index in [1.54, 1.807) is 12.1 Å². The molecule has 1 atom stereocenters. The standard InChI is InChI=1S/C14H20FNO/c1-16-8-13(10-17-9-11-5-6-11)12-3-2-4-14(15)7-12/h2-4,7,11,13,16H,5-6,8-10H2,1H3. The van der Waals surface area contributed by atoms with Crippen molar-refractivity contribution in [3.8, 4) is 0 Å². The van der Waals surface area contributed by atoms with Crippen molar-refractivity contribution in [2.45, 2.75) is 18.8 Å². The van der Waals surface area contributed by atoms with Crippen LogP contribution in [0.1, 0.15) is 24.3 Å². The van der Waals surface area contributed by atoms with Crippen LogP contribution in [0.15, 0.2) is 24.3 Å². The van der Waals surface area contributed by atoms with Gasteiger partial charge in [0.25, 0.3) is 0 Å². The van der Waals surface area contributed by atoms with Crippen LogP contribution in [-0.2, 0) is 4.74 Å². The molecular formula is C14H20FNO. The van der Waals surface area contributed by atoms with Crippen molar-refractivity contribution >= 4 is 0 Å². The highest BCUT2D eigenvalue weighted by atomic mass is 19.1. The number of hydrogen-bond donors (Lipinski definition) is 1. The normalized spacial score (nSPS) is 17.1. The first-order chi connectivity index (χ1) is 8.29. The predicted molar refractivity (Wildman–Crippen MR) is 66.6 cm³/mol. The van der Waals surface area contributed by atoms with Crippen molar-refractivity contribution < 1.29 is 9.13 Å². The van der Waals surface area contributed by atoms with E-state index >= 15 is 0 Å². The second kappa shape index (κ2) is 6.12. The number of benzene rings is 1. The zero-order valence-electron chi connectivity index (χ0n) is 10.3. The summed E-state index contributed by atoms with van der Waals surface area (Å²) in [4.78, 5) is 0. The Hall–Kier alpha value is -0.930. The van der Waals surface area contributed by atoms with Crippen LogP contribution in [-0.4, -0.2) is 26.8 Å². The highest BCUT2D eigenvalue weighted by molar-refractivity contribution is 5.21. The van der Waals surface area contributed by atoms with E-state index in [2.05, 4.69) is 5.32 Å². The lowest BCUT2D eigenvalue weighted by Gasteiger charge is -2.17. The summed E-state index contributed by atoms with van der Waals surface area (Å²) in [5.41, 5.74) is 1.01. The summed E-state index contributed by atoms with van der Waals surface area (Å²) in [5, 5.41) is 3.14. The molecule has 2 rings (SSSR count). The molecule has 0 bridgehead atoms. The molecule has 1 saturated carbocycles. The fourth-order valence-corrected chi connectivity index (χ4v) is 1.94. The quantitative estimate of drug-likeness (QED) is 0.787. The van der Waals surface area contributed by atoms with Crippen LogP contribution in [0.4, 0.5) is 4.39 Å². The van der Waals surface area contributed by atoms with Crippen LogP contribution in [0.5, 0.6) is 0 Å². The first-order valence-electron chi connectivity index (χ1n) is 6.27. The maximum absolute atomic E-state index is 13.2. The highest BCUT2D eigenvalue weighted by Crippen LogP contribution is 2.29. The number of rotatable bonds is 7. The minimum atomic E-state index is -0.175. The summed E-state index contributed by atoms with van der Waals surface area (Å²) in [6.45, 7) is 2.34. The number of nitrogens with one attached hydrogen (secondary N) is 1. The van der Waals surface area contributed by atoms with Gasteiger partial charge in [0.15, 0.2) is 0 Å². The predicted octanol–water partition coefficient (Wildman–Crippen LogP) is 2.56. The maximum atomic E-state index is 13.2. The van der Waals surface area contributed by atoms with Gasteiger partial charge in [-0.1, -0.05) is 12.1 Å². The summed E-state index contributed by atoms with van der Waals surface area (Å²) in [5.74, 6) is 0.831. The van der Waals surface area contributed by atoms with Gasteiger partial charge in [0.2, 0.25) is 0 Å². The van der Waals surface area contributed by atoms with Gasteiger partial charge >= 0.3 is 0 Å². The molecule has 1 aromatic rings. The van der Waals surface area contributed by atoms with Crippen molar-refractivity contribution in [1.29, 1.82) is 0 Å². The molecule has 0 heterocycles. The topological polar surface area (TPSA) is 21.3 Å². The molecule has 17 heavy (non-hydrogen) atoms. The molecule has 0 spiro atoms. The second-order valence-corrected chi connectivity index (χ2v) is 4.79. The summed E-state index contributed by atoms with van der Waals surface area (Å²) in [7, 11) is 1.91. The fraction of sp³-hybridized carbons (Fsp3) is 0.571. The molecule has 1 N–H and O–H groups in total. The Balaban J connectivity index is 1.89. The van der Waals surface area contributed by atoms with Crippen molar-refractivity contribution in [1.82, 2.24) is 5.32 Å². The molecule has 1 fully saturated rings. The summed E-state index contributed by atoms with van der Waals surface area (Å²) in [6.07, 6.45) is 2.60. The maximum Gasteiger partial charge on any atom is 0.123 e. The third-order valence-electron chi connectivity index (χ3n) is 3.14. The van der Waals surface area contributed by atoms with Crippen LogP contribution in [0.25, 0.3) is 0 Å². The van der Waals surface area contributed by atoms with E-state index in [9.17, 15) is 4.39 Å². The Bertz CT molecular complexity index is 352. The van der Waals surface area contributed by atoms with E-state index < -0.39 is 0 Å². The molecule has 94 valence electrons. The summed E-state index contributed by atoms with van der Waals surface area (Å²) < 4.78 is 18.9. The molecule has 0 amide bonds. The van der Waals surface area contributed by atoms with E-state index in [4.69, 9.17) is 4.74 Å². The largest absolute Gasteiger partial charge is 0.380 e. The van der Waals surface area contributed by atoms with Gasteiger partial charge in [-0.05, 0) is 43.5 Å². The lowest BCUT2D eigenvalue weighted by molar-refractivity contribution is 0.110. The molecule has 3 heteroatoms. The number of likely N-dealkylation sites (N-methyl/N-ethyl adjacent to an activating group) is 1. The van der Waals surface area contributed by atoms with E-state index in [0.29, 0.717) is 6.61 Å². The Morgan fingerprint density at radius 2 is 2.29 bits per heavy atom. The van der Waals surface area contributed by atoms with E-state index in [0.717, 1.165) is 24.6 Å². The molecular weight excluding hydrogens is 217 g/mol. The Labute approximate surface area is 102 Å². The van der Waals surface area contributed by atoms with Crippen molar-refractivity contribution in [2.24, 2.45) is 5.92 Å². The Morgan fingerprint density at radius 3 is 2.94 bits per heavy atom. The number of ether oxygens (including phenoxy) is 1. The SMILES string of the molecule is CNCC(COCC1CC1)c1cccc(F)c1. The number of hydrogen-bond acceptors (Lipinski definition) is 2. The zero-order valence-corrected chi connectivity index (χ0v) is 10.3. The number of halogens is 1. The van der Waals surface area contributed by atoms with Crippen LogP contribution in [0.3, 0.4) is 0 Å². The first kappa shape index (κ1) is 12.5. The highest BCUT2D eigenvalue weighted by Gasteiger charge is 2.22. The molecule has 0 aliphatic heterocycles. The Morgan fingerprint density at radius 1 is 1.47 bits per heavy atom. The average Bonchev–Trinajstić information content (AvgIpc) is 3.12. The van der Waals surface area contributed by atoms with Gasteiger partial charge in [-0.25, -0.2) is 4.39 Å².